The number of unbranched alkanes of at least 4 members (excludes halogenated alkanes) is 8. The first-order valence-corrected chi connectivity index (χ1v) is 7.16. The zero-order valence-corrected chi connectivity index (χ0v) is 11.1. The molecule has 0 rings (SSSR count). The number of hydrogen-bond acceptors (Lipinski definition) is 0. The van der Waals surface area contributed by atoms with Crippen molar-refractivity contribution in [3.63, 3.8) is 0 Å². The van der Waals surface area contributed by atoms with Crippen LogP contribution in [0.15, 0.2) is 12.2 Å². The molecule has 0 unspecified atom stereocenters. The van der Waals surface area contributed by atoms with Crippen molar-refractivity contribution in [3.8, 4) is 0 Å². The van der Waals surface area contributed by atoms with Gasteiger partial charge in [0.05, 0.1) is 0 Å². The Morgan fingerprint density at radius 3 is 1.87 bits per heavy atom. The van der Waals surface area contributed by atoms with Gasteiger partial charge in [-0.1, -0.05) is 57.6 Å². The molecular formula is C14H27Cl. The Hall–Kier alpha value is 0.0300. The Kier molecular flexibility index (Phi) is 14.1. The van der Waals surface area contributed by atoms with Gasteiger partial charge in [-0.2, -0.15) is 0 Å². The average molecular weight is 231 g/mol. The highest BCUT2D eigenvalue weighted by atomic mass is 35.5. The molecule has 0 aliphatic rings. The van der Waals surface area contributed by atoms with E-state index in [2.05, 4.69) is 19.1 Å². The molecule has 0 saturated carbocycles. The van der Waals surface area contributed by atoms with Crippen LogP contribution in [0.2, 0.25) is 0 Å². The second-order valence-corrected chi connectivity index (χ2v) is 4.59. The summed E-state index contributed by atoms with van der Waals surface area (Å²) in [6, 6.07) is 0. The van der Waals surface area contributed by atoms with E-state index < -0.39 is 0 Å². The molecule has 15 heavy (non-hydrogen) atoms. The van der Waals surface area contributed by atoms with Crippen molar-refractivity contribution >= 4 is 11.6 Å². The summed E-state index contributed by atoms with van der Waals surface area (Å²) in [6.07, 6.45) is 18.0. The van der Waals surface area contributed by atoms with E-state index in [9.17, 15) is 0 Å². The van der Waals surface area contributed by atoms with Gasteiger partial charge < -0.3 is 0 Å². The highest BCUT2D eigenvalue weighted by molar-refractivity contribution is 6.17. The van der Waals surface area contributed by atoms with E-state index in [4.69, 9.17) is 11.6 Å². The van der Waals surface area contributed by atoms with Gasteiger partial charge >= 0.3 is 0 Å². The Bertz CT molecular complexity index is 129. The SMILES string of the molecule is CCCCCCCCCC=CCCCCl. The van der Waals surface area contributed by atoms with Crippen LogP contribution >= 0.6 is 11.6 Å². The molecular weight excluding hydrogens is 204 g/mol. The standard InChI is InChI=1S/C14H27Cl/c1-2-3-4-5-6-7-8-9-10-11-12-13-14-15/h10-11H,2-9,12-14H2,1H3. The topological polar surface area (TPSA) is 0 Å². The monoisotopic (exact) mass is 230 g/mol. The number of alkyl halides is 1. The van der Waals surface area contributed by atoms with Gasteiger partial charge in [0.1, 0.15) is 0 Å². The predicted octanol–water partition coefficient (Wildman–Crippen LogP) is 5.70. The van der Waals surface area contributed by atoms with E-state index in [1.165, 1.54) is 51.4 Å². The van der Waals surface area contributed by atoms with Crippen molar-refractivity contribution in [3.05, 3.63) is 12.2 Å². The molecule has 0 fully saturated rings. The highest BCUT2D eigenvalue weighted by Gasteiger charge is 1.89. The predicted molar refractivity (Wildman–Crippen MR) is 71.7 cm³/mol. The molecule has 0 radical (unpaired) electrons. The van der Waals surface area contributed by atoms with Crippen molar-refractivity contribution in [1.82, 2.24) is 0 Å². The fraction of sp³-hybridized carbons (Fsp3) is 0.857. The van der Waals surface area contributed by atoms with Crippen LogP contribution in [0.5, 0.6) is 0 Å². The minimum atomic E-state index is 0.793. The van der Waals surface area contributed by atoms with Crippen LogP contribution in [-0.2, 0) is 0 Å². The minimum absolute atomic E-state index is 0.793. The zero-order valence-electron chi connectivity index (χ0n) is 10.3. The van der Waals surface area contributed by atoms with E-state index in [0.29, 0.717) is 0 Å². The molecule has 0 atom stereocenters. The van der Waals surface area contributed by atoms with Crippen LogP contribution < -0.4 is 0 Å². The molecule has 1 heteroatoms. The molecule has 0 N–H and O–H groups in total. The van der Waals surface area contributed by atoms with Crippen molar-refractivity contribution < 1.29 is 0 Å². The lowest BCUT2D eigenvalue weighted by molar-refractivity contribution is 0.592. The number of hydrogen-bond donors (Lipinski definition) is 0. The molecule has 0 aromatic heterocycles. The molecule has 0 heterocycles. The van der Waals surface area contributed by atoms with Crippen LogP contribution in [-0.4, -0.2) is 5.88 Å². The van der Waals surface area contributed by atoms with Crippen molar-refractivity contribution in [2.75, 3.05) is 5.88 Å². The van der Waals surface area contributed by atoms with Gasteiger partial charge in [0.15, 0.2) is 0 Å². The van der Waals surface area contributed by atoms with Crippen molar-refractivity contribution in [1.29, 1.82) is 0 Å². The fourth-order valence-electron chi connectivity index (χ4n) is 1.65. The molecule has 0 aliphatic heterocycles. The third-order valence-electron chi connectivity index (χ3n) is 2.65. The molecule has 0 aromatic carbocycles. The zero-order chi connectivity index (χ0) is 11.2. The third-order valence-corrected chi connectivity index (χ3v) is 2.91. The van der Waals surface area contributed by atoms with E-state index in [1.54, 1.807) is 0 Å². The van der Waals surface area contributed by atoms with Crippen molar-refractivity contribution in [2.24, 2.45) is 0 Å². The average Bonchev–Trinajstić information content (AvgIpc) is 2.26. The summed E-state index contributed by atoms with van der Waals surface area (Å²) in [4.78, 5) is 0. The summed E-state index contributed by atoms with van der Waals surface area (Å²) in [6.45, 7) is 2.27. The van der Waals surface area contributed by atoms with Gasteiger partial charge in [-0.3, -0.25) is 0 Å². The summed E-state index contributed by atoms with van der Waals surface area (Å²) in [5.74, 6) is 0.793. The van der Waals surface area contributed by atoms with Gasteiger partial charge in [-0.15, -0.1) is 11.6 Å². The second kappa shape index (κ2) is 14.0. The molecule has 0 amide bonds. The lowest BCUT2D eigenvalue weighted by Gasteiger charge is -1.98. The summed E-state index contributed by atoms with van der Waals surface area (Å²) in [7, 11) is 0. The van der Waals surface area contributed by atoms with Crippen LogP contribution in [0.4, 0.5) is 0 Å². The lowest BCUT2D eigenvalue weighted by atomic mass is 10.1. The largest absolute Gasteiger partial charge is 0.127 e. The third kappa shape index (κ3) is 14.0. The molecule has 0 bridgehead atoms. The Labute approximate surface area is 101 Å². The maximum Gasteiger partial charge on any atom is 0.0226 e. The van der Waals surface area contributed by atoms with Gasteiger partial charge in [0.2, 0.25) is 0 Å². The number of allylic oxidation sites excluding steroid dienone is 2. The minimum Gasteiger partial charge on any atom is -0.127 e. The molecule has 0 nitrogen and oxygen atoms in total. The van der Waals surface area contributed by atoms with Gasteiger partial charge in [0, 0.05) is 5.88 Å². The first-order valence-electron chi connectivity index (χ1n) is 6.62. The van der Waals surface area contributed by atoms with Crippen LogP contribution in [0.1, 0.15) is 71.1 Å². The van der Waals surface area contributed by atoms with E-state index in [1.807, 2.05) is 0 Å². The summed E-state index contributed by atoms with van der Waals surface area (Å²) in [5, 5.41) is 0. The van der Waals surface area contributed by atoms with Gasteiger partial charge in [0.25, 0.3) is 0 Å². The molecule has 90 valence electrons. The number of halogens is 1. The molecule has 0 aromatic rings. The fourth-order valence-corrected chi connectivity index (χ4v) is 1.80. The summed E-state index contributed by atoms with van der Waals surface area (Å²) < 4.78 is 0. The van der Waals surface area contributed by atoms with E-state index in [-0.39, 0.29) is 0 Å². The first kappa shape index (κ1) is 15.0. The Morgan fingerprint density at radius 2 is 1.27 bits per heavy atom. The van der Waals surface area contributed by atoms with E-state index >= 15 is 0 Å². The second-order valence-electron chi connectivity index (χ2n) is 4.21. The molecule has 0 spiro atoms. The first-order chi connectivity index (χ1) is 7.41. The van der Waals surface area contributed by atoms with Crippen LogP contribution in [0.3, 0.4) is 0 Å². The maximum absolute atomic E-state index is 5.59. The van der Waals surface area contributed by atoms with Crippen LogP contribution in [0, 0.1) is 0 Å². The quantitative estimate of drug-likeness (QED) is 0.243. The smallest absolute Gasteiger partial charge is 0.0226 e. The van der Waals surface area contributed by atoms with E-state index in [0.717, 1.165) is 18.7 Å². The Balaban J connectivity index is 2.95. The lowest BCUT2D eigenvalue weighted by Crippen LogP contribution is -1.79. The number of rotatable bonds is 11. The van der Waals surface area contributed by atoms with Gasteiger partial charge in [-0.25, -0.2) is 0 Å². The summed E-state index contributed by atoms with van der Waals surface area (Å²) in [5.41, 5.74) is 0. The maximum atomic E-state index is 5.59. The molecule has 0 aliphatic carbocycles. The molecule has 0 saturated heterocycles. The normalized spacial score (nSPS) is 11.3. The highest BCUT2D eigenvalue weighted by Crippen LogP contribution is 2.08. The Morgan fingerprint density at radius 1 is 0.733 bits per heavy atom. The summed E-state index contributed by atoms with van der Waals surface area (Å²) >= 11 is 5.59. The van der Waals surface area contributed by atoms with Crippen LogP contribution in [0.25, 0.3) is 0 Å². The van der Waals surface area contributed by atoms with Crippen molar-refractivity contribution in [2.45, 2.75) is 71.1 Å². The van der Waals surface area contributed by atoms with Gasteiger partial charge in [-0.05, 0) is 25.7 Å².